The van der Waals surface area contributed by atoms with Crippen LogP contribution in [-0.2, 0) is 14.4 Å². The molecule has 0 unspecified atom stereocenters. The molecule has 2 N–H and O–H groups in total. The van der Waals surface area contributed by atoms with Gasteiger partial charge in [0.05, 0.1) is 35.8 Å². The molecule has 0 bridgehead atoms. The van der Waals surface area contributed by atoms with Crippen LogP contribution in [0, 0.1) is 23.7 Å². The van der Waals surface area contributed by atoms with Crippen molar-refractivity contribution in [1.29, 1.82) is 0 Å². The number of rotatable bonds is 8. The number of imide groups is 1. The summed E-state index contributed by atoms with van der Waals surface area (Å²) in [5.74, 6) is -2.34. The van der Waals surface area contributed by atoms with Gasteiger partial charge >= 0.3 is 0 Å². The highest BCUT2D eigenvalue weighted by Gasteiger charge is 2.60. The van der Waals surface area contributed by atoms with Gasteiger partial charge in [-0.3, -0.25) is 14.5 Å². The number of aliphatic hydroxyl groups is 2. The first-order valence-corrected chi connectivity index (χ1v) is 13.5. The van der Waals surface area contributed by atoms with E-state index in [1.54, 1.807) is 0 Å². The summed E-state index contributed by atoms with van der Waals surface area (Å²) in [6, 6.07) is 9.12. The lowest BCUT2D eigenvalue weighted by Crippen LogP contribution is -2.54. The van der Waals surface area contributed by atoms with Crippen LogP contribution in [0.4, 0.5) is 0 Å². The van der Waals surface area contributed by atoms with E-state index in [1.807, 2.05) is 43.3 Å². The lowest BCUT2D eigenvalue weighted by Gasteiger charge is -2.45. The summed E-state index contributed by atoms with van der Waals surface area (Å²) < 4.78 is 0. The van der Waals surface area contributed by atoms with Crippen LogP contribution < -0.4 is 0 Å². The maximum atomic E-state index is 13.7. The lowest BCUT2D eigenvalue weighted by molar-refractivity contribution is -0.144. The Morgan fingerprint density at radius 2 is 1.78 bits per heavy atom. The number of carbonyl (C=O) groups excluding carboxylic acids is 2. The first-order chi connectivity index (χ1) is 17.7. The molecule has 1 aromatic rings. The third-order valence-electron chi connectivity index (χ3n) is 8.26. The Bertz CT molecular complexity index is 1070. The number of benzene rings is 1. The maximum Gasteiger partial charge on any atom is 0.234 e. The summed E-state index contributed by atoms with van der Waals surface area (Å²) in [5, 5.41) is 26.1. The van der Waals surface area contributed by atoms with Crippen molar-refractivity contribution < 1.29 is 24.6 Å². The zero-order chi connectivity index (χ0) is 26.7. The van der Waals surface area contributed by atoms with Crippen LogP contribution >= 0.6 is 0 Å². The lowest BCUT2D eigenvalue weighted by atomic mass is 9.60. The van der Waals surface area contributed by atoms with Crippen molar-refractivity contribution in [3.05, 3.63) is 59.2 Å². The van der Waals surface area contributed by atoms with E-state index < -0.39 is 30.0 Å². The number of likely N-dealkylation sites (tertiary alicyclic amines) is 1. The van der Waals surface area contributed by atoms with Gasteiger partial charge in [-0.2, -0.15) is 0 Å². The van der Waals surface area contributed by atoms with Crippen LogP contribution in [0.25, 0.3) is 0 Å². The van der Waals surface area contributed by atoms with E-state index in [-0.39, 0.29) is 30.2 Å². The molecular weight excluding hydrogens is 468 g/mol. The molecular formula is C30H40N2O5. The summed E-state index contributed by atoms with van der Waals surface area (Å²) >= 11 is 0. The highest BCUT2D eigenvalue weighted by Crippen LogP contribution is 2.51. The summed E-state index contributed by atoms with van der Waals surface area (Å²) in [6.07, 6.45) is 5.41. The monoisotopic (exact) mass is 508 g/mol. The molecule has 4 rings (SSSR count). The van der Waals surface area contributed by atoms with E-state index in [1.165, 1.54) is 16.0 Å². The van der Waals surface area contributed by atoms with Gasteiger partial charge in [-0.05, 0) is 65.0 Å². The first-order valence-electron chi connectivity index (χ1n) is 13.5. The number of allylic oxidation sites excluding steroid dienone is 3. The predicted octanol–water partition coefficient (Wildman–Crippen LogP) is 4.57. The SMILES string of the molecule is CC(C)=CCCC(C)=CCON=C1C[C@@H](O)[C@@H](O)[C@@H]2[C@@H]3C(=O)N([C@@H](C)c4ccccc4)C(=O)[C@@H]3CC[C@@H]12. The van der Waals surface area contributed by atoms with Crippen LogP contribution in [0.15, 0.2) is 58.8 Å². The molecule has 1 aromatic carbocycles. The van der Waals surface area contributed by atoms with E-state index in [0.29, 0.717) is 25.2 Å². The van der Waals surface area contributed by atoms with Gasteiger partial charge in [-0.25, -0.2) is 0 Å². The fraction of sp³-hybridized carbons (Fsp3) is 0.567. The van der Waals surface area contributed by atoms with Gasteiger partial charge in [-0.1, -0.05) is 52.7 Å². The minimum absolute atomic E-state index is 0.180. The van der Waals surface area contributed by atoms with Crippen molar-refractivity contribution in [2.45, 2.75) is 78.0 Å². The second kappa shape index (κ2) is 11.7. The number of fused-ring (bicyclic) bond motifs is 3. The molecule has 1 aliphatic heterocycles. The molecule has 0 radical (unpaired) electrons. The molecule has 3 aliphatic rings. The fourth-order valence-corrected chi connectivity index (χ4v) is 6.25. The Labute approximate surface area is 219 Å². The zero-order valence-electron chi connectivity index (χ0n) is 22.3. The summed E-state index contributed by atoms with van der Waals surface area (Å²) in [4.78, 5) is 34.1. The largest absolute Gasteiger partial charge is 0.392 e. The zero-order valence-corrected chi connectivity index (χ0v) is 22.3. The number of aliphatic hydroxyl groups excluding tert-OH is 2. The number of carbonyl (C=O) groups is 2. The van der Waals surface area contributed by atoms with E-state index in [0.717, 1.165) is 18.4 Å². The van der Waals surface area contributed by atoms with E-state index in [4.69, 9.17) is 4.84 Å². The number of hydrogen-bond acceptors (Lipinski definition) is 6. The number of nitrogens with zero attached hydrogens (tertiary/aromatic N) is 2. The molecule has 0 aromatic heterocycles. The average Bonchev–Trinajstić information content (AvgIpc) is 3.13. The van der Waals surface area contributed by atoms with Crippen LogP contribution in [0.1, 0.15) is 71.4 Å². The molecule has 0 spiro atoms. The molecule has 1 saturated heterocycles. The van der Waals surface area contributed by atoms with Gasteiger partial charge in [-0.15, -0.1) is 0 Å². The summed E-state index contributed by atoms with van der Waals surface area (Å²) in [7, 11) is 0. The smallest absolute Gasteiger partial charge is 0.234 e. The normalized spacial score (nSPS) is 31.7. The molecule has 7 nitrogen and oxygen atoms in total. The standard InChI is InChI=1S/C30H40N2O5/c1-18(2)9-8-10-19(3)15-16-37-31-24-17-25(33)28(34)26-22(24)13-14-23-27(26)30(36)32(29(23)35)20(4)21-11-6-5-7-12-21/h5-7,9,11-12,15,20,22-23,25-28,33-34H,8,10,13-14,16-17H2,1-4H3/t20-,22-,23+,25+,26-,27+,28+/m0/s1. The first kappa shape index (κ1) is 27.3. The second-order valence-electron chi connectivity index (χ2n) is 11.0. The van der Waals surface area contributed by atoms with Crippen LogP contribution in [0.3, 0.4) is 0 Å². The predicted molar refractivity (Wildman–Crippen MR) is 142 cm³/mol. The minimum atomic E-state index is -1.09. The van der Waals surface area contributed by atoms with Crippen LogP contribution in [-0.4, -0.2) is 51.5 Å². The third-order valence-corrected chi connectivity index (χ3v) is 8.26. The van der Waals surface area contributed by atoms with Gasteiger partial charge in [0.2, 0.25) is 11.8 Å². The Kier molecular flexibility index (Phi) is 8.65. The molecule has 200 valence electrons. The summed E-state index contributed by atoms with van der Waals surface area (Å²) in [6.45, 7) is 8.43. The third kappa shape index (κ3) is 5.73. The highest BCUT2D eigenvalue weighted by molar-refractivity contribution is 6.06. The molecule has 3 fully saturated rings. The Hall–Kier alpha value is -2.77. The van der Waals surface area contributed by atoms with E-state index in [9.17, 15) is 19.8 Å². The van der Waals surface area contributed by atoms with Gasteiger partial charge in [0.15, 0.2) is 0 Å². The molecule has 1 heterocycles. The number of oxime groups is 1. The molecule has 2 aliphatic carbocycles. The van der Waals surface area contributed by atoms with Crippen molar-refractivity contribution in [3.63, 3.8) is 0 Å². The quantitative estimate of drug-likeness (QED) is 0.232. The van der Waals surface area contributed by atoms with E-state index >= 15 is 0 Å². The molecule has 7 atom stereocenters. The van der Waals surface area contributed by atoms with Crippen LogP contribution in [0.2, 0.25) is 0 Å². The highest BCUT2D eigenvalue weighted by atomic mass is 16.6. The summed E-state index contributed by atoms with van der Waals surface area (Å²) in [5.41, 5.74) is 4.09. The Morgan fingerprint density at radius 3 is 2.49 bits per heavy atom. The van der Waals surface area contributed by atoms with Crippen molar-refractivity contribution in [1.82, 2.24) is 4.90 Å². The minimum Gasteiger partial charge on any atom is -0.392 e. The van der Waals surface area contributed by atoms with Gasteiger partial charge in [0.1, 0.15) is 6.61 Å². The fourth-order valence-electron chi connectivity index (χ4n) is 6.25. The Balaban J connectivity index is 1.49. The number of amides is 2. The van der Waals surface area contributed by atoms with Crippen molar-refractivity contribution in [3.8, 4) is 0 Å². The van der Waals surface area contributed by atoms with Crippen molar-refractivity contribution in [2.75, 3.05) is 6.61 Å². The molecule has 37 heavy (non-hydrogen) atoms. The second-order valence-corrected chi connectivity index (χ2v) is 11.0. The topological polar surface area (TPSA) is 99.4 Å². The molecule has 7 heteroatoms. The van der Waals surface area contributed by atoms with Gasteiger partial charge in [0, 0.05) is 18.3 Å². The Morgan fingerprint density at radius 1 is 1.08 bits per heavy atom. The molecule has 2 amide bonds. The van der Waals surface area contributed by atoms with Crippen molar-refractivity contribution in [2.24, 2.45) is 28.8 Å². The maximum absolute atomic E-state index is 13.7. The van der Waals surface area contributed by atoms with E-state index in [2.05, 4.69) is 32.0 Å². The van der Waals surface area contributed by atoms with Gasteiger partial charge < -0.3 is 15.1 Å². The van der Waals surface area contributed by atoms with Crippen LogP contribution in [0.5, 0.6) is 0 Å². The van der Waals surface area contributed by atoms with Gasteiger partial charge in [0.25, 0.3) is 0 Å². The molecule has 2 saturated carbocycles. The number of hydrogen-bond donors (Lipinski definition) is 2. The average molecular weight is 509 g/mol. The van der Waals surface area contributed by atoms with Crippen molar-refractivity contribution >= 4 is 17.5 Å².